The van der Waals surface area contributed by atoms with Gasteiger partial charge in [-0.3, -0.25) is 0 Å². The van der Waals surface area contributed by atoms with E-state index in [1.807, 2.05) is 49.4 Å². The molecule has 0 radical (unpaired) electrons. The van der Waals surface area contributed by atoms with Gasteiger partial charge in [0.05, 0.1) is 0 Å². The van der Waals surface area contributed by atoms with Gasteiger partial charge in [-0.1, -0.05) is 53.5 Å². The number of pyridine rings is 1. The monoisotopic (exact) mass is 484 g/mol. The standard InChI is InChI=1S/C24H18Cl2N2O3S/c1-13(17-7-2-3-8-19(17)26)31-20-11-21(32-22(20)24(29)30)18-10-15(12-28-23(18)27)14-5-4-6-16(25)9-14/h2-13H,1H3,(H2,27,28)(H,29,30). The van der Waals surface area contributed by atoms with Gasteiger partial charge in [0.15, 0.2) is 4.88 Å². The summed E-state index contributed by atoms with van der Waals surface area (Å²) in [7, 11) is 0. The molecule has 1 unspecified atom stereocenters. The zero-order chi connectivity index (χ0) is 22.8. The second kappa shape index (κ2) is 9.20. The average Bonchev–Trinajstić information content (AvgIpc) is 3.18. The summed E-state index contributed by atoms with van der Waals surface area (Å²) >= 11 is 13.5. The van der Waals surface area contributed by atoms with E-state index in [2.05, 4.69) is 4.98 Å². The zero-order valence-electron chi connectivity index (χ0n) is 16.9. The predicted octanol–water partition coefficient (Wildman–Crippen LogP) is 7.20. The van der Waals surface area contributed by atoms with Crippen LogP contribution in [0.3, 0.4) is 0 Å². The molecular formula is C24H18Cl2N2O3S. The van der Waals surface area contributed by atoms with Gasteiger partial charge in [0.2, 0.25) is 0 Å². The molecule has 2 aromatic heterocycles. The van der Waals surface area contributed by atoms with Crippen LogP contribution in [0, 0.1) is 0 Å². The van der Waals surface area contributed by atoms with Crippen LogP contribution < -0.4 is 10.5 Å². The fourth-order valence-corrected chi connectivity index (χ4v) is 4.73. The maximum atomic E-state index is 11.9. The average molecular weight is 485 g/mol. The number of hydrogen-bond acceptors (Lipinski definition) is 5. The van der Waals surface area contributed by atoms with E-state index in [4.69, 9.17) is 33.7 Å². The van der Waals surface area contributed by atoms with Gasteiger partial charge in [-0.05, 0) is 42.8 Å². The molecule has 0 saturated heterocycles. The number of carboxylic acids is 1. The van der Waals surface area contributed by atoms with Crippen molar-refractivity contribution in [3.8, 4) is 27.3 Å². The molecule has 0 amide bonds. The quantitative estimate of drug-likeness (QED) is 0.302. The number of rotatable bonds is 6. The highest BCUT2D eigenvalue weighted by Gasteiger charge is 2.22. The Bertz CT molecular complexity index is 1310. The molecule has 0 spiro atoms. The number of carbonyl (C=O) groups is 1. The Morgan fingerprint density at radius 2 is 1.88 bits per heavy atom. The molecule has 162 valence electrons. The Balaban J connectivity index is 1.73. The van der Waals surface area contributed by atoms with Crippen molar-refractivity contribution in [3.63, 3.8) is 0 Å². The zero-order valence-corrected chi connectivity index (χ0v) is 19.2. The first-order chi connectivity index (χ1) is 15.3. The number of anilines is 1. The predicted molar refractivity (Wildman–Crippen MR) is 130 cm³/mol. The molecule has 32 heavy (non-hydrogen) atoms. The molecule has 8 heteroatoms. The summed E-state index contributed by atoms with van der Waals surface area (Å²) in [4.78, 5) is 16.9. The first-order valence-electron chi connectivity index (χ1n) is 9.63. The van der Waals surface area contributed by atoms with E-state index in [1.54, 1.807) is 24.4 Å². The number of aromatic nitrogens is 1. The van der Waals surface area contributed by atoms with Crippen molar-refractivity contribution in [1.29, 1.82) is 0 Å². The van der Waals surface area contributed by atoms with Crippen LogP contribution in [0.25, 0.3) is 21.6 Å². The third kappa shape index (κ3) is 4.58. The lowest BCUT2D eigenvalue weighted by Crippen LogP contribution is -2.06. The summed E-state index contributed by atoms with van der Waals surface area (Å²) in [5.41, 5.74) is 9.22. The smallest absolute Gasteiger partial charge is 0.349 e. The van der Waals surface area contributed by atoms with Gasteiger partial charge >= 0.3 is 5.97 Å². The van der Waals surface area contributed by atoms with Gasteiger partial charge in [-0.2, -0.15) is 0 Å². The number of benzene rings is 2. The number of carboxylic acid groups (broad SMARTS) is 1. The highest BCUT2D eigenvalue weighted by atomic mass is 35.5. The number of nitrogens with zero attached hydrogens (tertiary/aromatic N) is 1. The lowest BCUT2D eigenvalue weighted by Gasteiger charge is -2.15. The number of aromatic carboxylic acids is 1. The normalized spacial score (nSPS) is 11.8. The second-order valence-electron chi connectivity index (χ2n) is 7.06. The van der Waals surface area contributed by atoms with Gasteiger partial charge in [-0.15, -0.1) is 11.3 Å². The number of halogens is 2. The van der Waals surface area contributed by atoms with Crippen LogP contribution in [-0.2, 0) is 0 Å². The van der Waals surface area contributed by atoms with Crippen LogP contribution in [-0.4, -0.2) is 16.1 Å². The largest absolute Gasteiger partial charge is 0.484 e. The third-order valence-corrected chi connectivity index (χ3v) is 6.60. The van der Waals surface area contributed by atoms with Crippen molar-refractivity contribution < 1.29 is 14.6 Å². The highest BCUT2D eigenvalue weighted by molar-refractivity contribution is 7.17. The summed E-state index contributed by atoms with van der Waals surface area (Å²) in [5, 5.41) is 10.9. The Morgan fingerprint density at radius 1 is 1.09 bits per heavy atom. The van der Waals surface area contributed by atoms with E-state index in [1.165, 1.54) is 0 Å². The van der Waals surface area contributed by atoms with Crippen molar-refractivity contribution in [2.75, 3.05) is 5.73 Å². The molecule has 2 aromatic carbocycles. The van der Waals surface area contributed by atoms with Crippen LogP contribution >= 0.6 is 34.5 Å². The van der Waals surface area contributed by atoms with Crippen molar-refractivity contribution in [2.45, 2.75) is 13.0 Å². The molecule has 1 atom stereocenters. The fourth-order valence-electron chi connectivity index (χ4n) is 3.30. The maximum Gasteiger partial charge on any atom is 0.349 e. The fraction of sp³-hybridized carbons (Fsp3) is 0.0833. The van der Waals surface area contributed by atoms with Crippen molar-refractivity contribution in [2.24, 2.45) is 0 Å². The first-order valence-corrected chi connectivity index (χ1v) is 11.2. The minimum absolute atomic E-state index is 0.0754. The SMILES string of the molecule is CC(Oc1cc(-c2cc(-c3cccc(Cl)c3)cnc2N)sc1C(=O)O)c1ccccc1Cl. The molecule has 0 saturated carbocycles. The Hall–Kier alpha value is -3.06. The topological polar surface area (TPSA) is 85.4 Å². The molecular weight excluding hydrogens is 467 g/mol. The maximum absolute atomic E-state index is 11.9. The Kier molecular flexibility index (Phi) is 6.37. The summed E-state index contributed by atoms with van der Waals surface area (Å²) in [5.74, 6) is -0.544. The van der Waals surface area contributed by atoms with E-state index in [9.17, 15) is 9.90 Å². The van der Waals surface area contributed by atoms with Gasteiger partial charge in [0.1, 0.15) is 17.7 Å². The summed E-state index contributed by atoms with van der Waals surface area (Å²) < 4.78 is 6.01. The van der Waals surface area contributed by atoms with Gasteiger partial charge in [0.25, 0.3) is 0 Å². The molecule has 5 nitrogen and oxygen atoms in total. The highest BCUT2D eigenvalue weighted by Crippen LogP contribution is 2.41. The third-order valence-electron chi connectivity index (χ3n) is 4.88. The summed E-state index contributed by atoms with van der Waals surface area (Å²) in [6, 6.07) is 18.2. The van der Waals surface area contributed by atoms with Crippen LogP contribution in [0.4, 0.5) is 5.82 Å². The number of nitrogen functional groups attached to an aromatic ring is 1. The second-order valence-corrected chi connectivity index (χ2v) is 8.95. The van der Waals surface area contributed by atoms with Gasteiger partial charge < -0.3 is 15.6 Å². The van der Waals surface area contributed by atoms with E-state index < -0.39 is 12.1 Å². The molecule has 4 aromatic rings. The molecule has 0 fully saturated rings. The lowest BCUT2D eigenvalue weighted by molar-refractivity contribution is 0.0696. The molecule has 0 bridgehead atoms. The molecule has 0 aliphatic heterocycles. The van der Waals surface area contributed by atoms with Gasteiger partial charge in [-0.25, -0.2) is 9.78 Å². The van der Waals surface area contributed by atoms with E-state index in [0.29, 0.717) is 26.3 Å². The minimum Gasteiger partial charge on any atom is -0.484 e. The summed E-state index contributed by atoms with van der Waals surface area (Å²) in [6.07, 6.45) is 1.21. The van der Waals surface area contributed by atoms with Crippen molar-refractivity contribution >= 4 is 46.3 Å². The van der Waals surface area contributed by atoms with Crippen molar-refractivity contribution in [3.05, 3.63) is 87.3 Å². The van der Waals surface area contributed by atoms with Crippen LogP contribution in [0.15, 0.2) is 66.9 Å². The molecule has 0 aliphatic carbocycles. The molecule has 0 aliphatic rings. The van der Waals surface area contributed by atoms with Crippen LogP contribution in [0.1, 0.15) is 28.3 Å². The summed E-state index contributed by atoms with van der Waals surface area (Å²) in [6.45, 7) is 1.82. The van der Waals surface area contributed by atoms with E-state index in [0.717, 1.165) is 28.0 Å². The number of nitrogens with two attached hydrogens (primary N) is 1. The number of hydrogen-bond donors (Lipinski definition) is 2. The van der Waals surface area contributed by atoms with Crippen LogP contribution in [0.2, 0.25) is 10.0 Å². The van der Waals surface area contributed by atoms with Crippen LogP contribution in [0.5, 0.6) is 5.75 Å². The van der Waals surface area contributed by atoms with Crippen molar-refractivity contribution in [1.82, 2.24) is 4.98 Å². The first kappa shape index (κ1) is 22.1. The molecule has 3 N–H and O–H groups in total. The van der Waals surface area contributed by atoms with E-state index in [-0.39, 0.29) is 10.6 Å². The number of thiophene rings is 1. The minimum atomic E-state index is -1.08. The molecule has 4 rings (SSSR count). The lowest BCUT2D eigenvalue weighted by atomic mass is 10.0. The number of ether oxygens (including phenoxy) is 1. The van der Waals surface area contributed by atoms with E-state index >= 15 is 0 Å². The Labute approximate surface area is 199 Å². The van der Waals surface area contributed by atoms with Gasteiger partial charge in [0, 0.05) is 37.8 Å². The Morgan fingerprint density at radius 3 is 2.59 bits per heavy atom. The molecule has 2 heterocycles.